The minimum atomic E-state index is -0.317. The molecule has 2 heterocycles. The number of aromatic nitrogens is 2. The third-order valence-corrected chi connectivity index (χ3v) is 5.96. The maximum Gasteiger partial charge on any atom is 0.261 e. The number of amides is 4. The Morgan fingerprint density at radius 2 is 1.54 bits per heavy atom. The van der Waals surface area contributed by atoms with Crippen LogP contribution in [0.1, 0.15) is 42.2 Å². The molecule has 1 aliphatic rings. The van der Waals surface area contributed by atoms with E-state index in [0.29, 0.717) is 22.4 Å². The lowest BCUT2D eigenvalue weighted by Crippen LogP contribution is -2.29. The molecule has 0 saturated heterocycles. The maximum absolute atomic E-state index is 12.7. The van der Waals surface area contributed by atoms with Crippen molar-refractivity contribution in [1.82, 2.24) is 20.0 Å². The second kappa shape index (κ2) is 10.3. The van der Waals surface area contributed by atoms with Crippen LogP contribution in [0.15, 0.2) is 91.3 Å². The summed E-state index contributed by atoms with van der Waals surface area (Å²) in [6.07, 6.45) is 3.32. The summed E-state index contributed by atoms with van der Waals surface area (Å²) >= 11 is 0. The summed E-state index contributed by atoms with van der Waals surface area (Å²) in [6.45, 7) is 0.516. The van der Waals surface area contributed by atoms with Gasteiger partial charge in [0, 0.05) is 30.2 Å². The number of carbonyl (C=O) groups is 4. The fraction of sp³-hybridized carbons (Fsp3) is 0.107. The topological polar surface area (TPSA) is 113 Å². The largest absolute Gasteiger partial charge is 0.348 e. The number of carbonyl (C=O) groups excluding carboxylic acids is 4. The van der Waals surface area contributed by atoms with Crippen LogP contribution < -0.4 is 10.6 Å². The summed E-state index contributed by atoms with van der Waals surface area (Å²) in [5.74, 6) is -1.10. The highest BCUT2D eigenvalue weighted by Gasteiger charge is 2.34. The van der Waals surface area contributed by atoms with Crippen LogP contribution in [0.25, 0.3) is 0 Å². The predicted molar refractivity (Wildman–Crippen MR) is 136 cm³/mol. The molecule has 9 heteroatoms. The van der Waals surface area contributed by atoms with E-state index in [1.54, 1.807) is 85.2 Å². The van der Waals surface area contributed by atoms with E-state index >= 15 is 0 Å². The van der Waals surface area contributed by atoms with Crippen LogP contribution in [0.4, 0.5) is 5.69 Å². The van der Waals surface area contributed by atoms with Crippen molar-refractivity contribution in [2.75, 3.05) is 5.32 Å². The van der Waals surface area contributed by atoms with E-state index in [1.807, 2.05) is 6.07 Å². The van der Waals surface area contributed by atoms with Gasteiger partial charge in [0.15, 0.2) is 0 Å². The Kier molecular flexibility index (Phi) is 6.58. The maximum atomic E-state index is 12.7. The number of hydrogen-bond donors (Lipinski definition) is 2. The summed E-state index contributed by atoms with van der Waals surface area (Å²) in [5.41, 5.74) is 3.46. The van der Waals surface area contributed by atoms with Gasteiger partial charge in [-0.2, -0.15) is 5.10 Å². The number of nitrogens with one attached hydrogen (secondary N) is 2. The van der Waals surface area contributed by atoms with E-state index in [2.05, 4.69) is 15.7 Å². The third kappa shape index (κ3) is 5.30. The minimum absolute atomic E-state index is 0.108. The number of fused-ring (bicyclic) bond motifs is 1. The summed E-state index contributed by atoms with van der Waals surface area (Å²) < 4.78 is 1.53. The molecule has 0 radical (unpaired) electrons. The first-order valence-electron chi connectivity index (χ1n) is 11.7. The Hall–Kier alpha value is -5.05. The quantitative estimate of drug-likeness (QED) is 0.366. The Labute approximate surface area is 212 Å². The number of hydrogen-bond acceptors (Lipinski definition) is 5. The zero-order valence-electron chi connectivity index (χ0n) is 19.8. The number of imide groups is 1. The van der Waals surface area contributed by atoms with Crippen molar-refractivity contribution >= 4 is 29.3 Å². The molecular formula is C28H23N5O4. The van der Waals surface area contributed by atoms with E-state index in [0.717, 1.165) is 11.1 Å². The summed E-state index contributed by atoms with van der Waals surface area (Å²) in [4.78, 5) is 51.2. The zero-order chi connectivity index (χ0) is 25.8. The summed E-state index contributed by atoms with van der Waals surface area (Å²) in [6, 6.07) is 22.5. The molecule has 0 unspecified atom stereocenters. The van der Waals surface area contributed by atoms with E-state index in [1.165, 1.54) is 9.58 Å². The van der Waals surface area contributed by atoms with Gasteiger partial charge in [-0.25, -0.2) is 0 Å². The molecule has 0 aliphatic carbocycles. The first kappa shape index (κ1) is 23.7. The van der Waals surface area contributed by atoms with Crippen molar-refractivity contribution in [1.29, 1.82) is 0 Å². The third-order valence-electron chi connectivity index (χ3n) is 5.96. The molecule has 0 spiro atoms. The van der Waals surface area contributed by atoms with Crippen LogP contribution in [-0.4, -0.2) is 38.3 Å². The first-order chi connectivity index (χ1) is 18.0. The van der Waals surface area contributed by atoms with E-state index in [4.69, 9.17) is 0 Å². The SMILES string of the molecule is O=C(Cn1cccn1)Nc1cccc(CNC(=O)c2ccc(CN3C(=O)c4ccccc4C3=O)cc2)c1. The van der Waals surface area contributed by atoms with Crippen molar-refractivity contribution < 1.29 is 19.2 Å². The second-order valence-electron chi connectivity index (χ2n) is 8.57. The fourth-order valence-electron chi connectivity index (χ4n) is 4.11. The van der Waals surface area contributed by atoms with E-state index in [-0.39, 0.29) is 43.3 Å². The molecule has 3 aromatic carbocycles. The van der Waals surface area contributed by atoms with Gasteiger partial charge >= 0.3 is 0 Å². The molecule has 184 valence electrons. The molecule has 0 atom stereocenters. The second-order valence-corrected chi connectivity index (χ2v) is 8.57. The van der Waals surface area contributed by atoms with Crippen LogP contribution in [0, 0.1) is 0 Å². The van der Waals surface area contributed by atoms with Crippen molar-refractivity contribution in [3.05, 3.63) is 119 Å². The standard InChI is InChI=1S/C28H23N5O4/c34-25(18-32-14-4-13-30-32)31-22-6-3-5-20(15-22)16-29-26(35)21-11-9-19(10-12-21)17-33-27(36)23-7-1-2-8-24(23)28(33)37/h1-15H,16-18H2,(H,29,35)(H,31,34). The van der Waals surface area contributed by atoms with Gasteiger partial charge in [0.25, 0.3) is 17.7 Å². The van der Waals surface area contributed by atoms with E-state index in [9.17, 15) is 19.2 Å². The average Bonchev–Trinajstić information content (AvgIpc) is 3.50. The number of nitrogens with zero attached hydrogens (tertiary/aromatic N) is 3. The molecular weight excluding hydrogens is 470 g/mol. The lowest BCUT2D eigenvalue weighted by molar-refractivity contribution is -0.116. The van der Waals surface area contributed by atoms with E-state index < -0.39 is 0 Å². The Bertz CT molecular complexity index is 1440. The van der Waals surface area contributed by atoms with Gasteiger partial charge in [0.2, 0.25) is 5.91 Å². The van der Waals surface area contributed by atoms with Gasteiger partial charge in [0.05, 0.1) is 17.7 Å². The Morgan fingerprint density at radius 3 is 2.22 bits per heavy atom. The number of anilines is 1. The first-order valence-corrected chi connectivity index (χ1v) is 11.7. The van der Waals surface area contributed by atoms with Crippen LogP contribution in [0.2, 0.25) is 0 Å². The molecule has 0 bridgehead atoms. The molecule has 0 fully saturated rings. The summed E-state index contributed by atoms with van der Waals surface area (Å²) in [5, 5.41) is 9.70. The molecule has 5 rings (SSSR count). The van der Waals surface area contributed by atoms with Crippen LogP contribution in [0.3, 0.4) is 0 Å². The monoisotopic (exact) mass is 493 g/mol. The molecule has 4 aromatic rings. The van der Waals surface area contributed by atoms with Crippen molar-refractivity contribution in [3.63, 3.8) is 0 Å². The molecule has 37 heavy (non-hydrogen) atoms. The van der Waals surface area contributed by atoms with Crippen LogP contribution in [0.5, 0.6) is 0 Å². The fourth-order valence-corrected chi connectivity index (χ4v) is 4.11. The highest BCUT2D eigenvalue weighted by molar-refractivity contribution is 6.21. The zero-order valence-corrected chi connectivity index (χ0v) is 19.8. The van der Waals surface area contributed by atoms with Gasteiger partial charge in [-0.3, -0.25) is 28.8 Å². The highest BCUT2D eigenvalue weighted by atomic mass is 16.2. The lowest BCUT2D eigenvalue weighted by Gasteiger charge is -2.14. The number of benzene rings is 3. The van der Waals surface area contributed by atoms with Crippen LogP contribution >= 0.6 is 0 Å². The Morgan fingerprint density at radius 1 is 0.811 bits per heavy atom. The normalized spacial score (nSPS) is 12.4. The molecule has 4 amide bonds. The van der Waals surface area contributed by atoms with Crippen molar-refractivity contribution in [2.45, 2.75) is 19.6 Å². The van der Waals surface area contributed by atoms with Gasteiger partial charge < -0.3 is 10.6 Å². The van der Waals surface area contributed by atoms with Gasteiger partial charge in [-0.15, -0.1) is 0 Å². The van der Waals surface area contributed by atoms with Gasteiger partial charge in [-0.1, -0.05) is 36.4 Å². The highest BCUT2D eigenvalue weighted by Crippen LogP contribution is 2.24. The molecule has 2 N–H and O–H groups in total. The molecule has 1 aliphatic heterocycles. The van der Waals surface area contributed by atoms with Crippen molar-refractivity contribution in [2.24, 2.45) is 0 Å². The molecule has 9 nitrogen and oxygen atoms in total. The smallest absolute Gasteiger partial charge is 0.261 e. The van der Waals surface area contributed by atoms with Gasteiger partial charge in [0.1, 0.15) is 6.54 Å². The van der Waals surface area contributed by atoms with Gasteiger partial charge in [-0.05, 0) is 53.6 Å². The number of rotatable bonds is 8. The lowest BCUT2D eigenvalue weighted by atomic mass is 10.1. The summed E-state index contributed by atoms with van der Waals surface area (Å²) in [7, 11) is 0. The molecule has 0 saturated carbocycles. The molecule has 1 aromatic heterocycles. The predicted octanol–water partition coefficient (Wildman–Crippen LogP) is 3.25. The average molecular weight is 494 g/mol. The Balaban J connectivity index is 1.15. The van der Waals surface area contributed by atoms with Crippen molar-refractivity contribution in [3.8, 4) is 0 Å². The van der Waals surface area contributed by atoms with Crippen LogP contribution in [-0.2, 0) is 24.4 Å². The minimum Gasteiger partial charge on any atom is -0.348 e.